The molecule has 2 aromatic rings. The molecule has 1 unspecified atom stereocenters. The van der Waals surface area contributed by atoms with Crippen LogP contribution >= 0.6 is 27.3 Å². The van der Waals surface area contributed by atoms with E-state index in [1.54, 1.807) is 18.5 Å². The molecule has 0 radical (unpaired) electrons. The Morgan fingerprint density at radius 3 is 2.80 bits per heavy atom. The predicted octanol–water partition coefficient (Wildman–Crippen LogP) is 3.75. The molecule has 2 aliphatic heterocycles. The van der Waals surface area contributed by atoms with Crippen molar-refractivity contribution in [3.8, 4) is 0 Å². The molecule has 186 valence electrons. The maximum absolute atomic E-state index is 14.2. The Balaban J connectivity index is 1.84. The van der Waals surface area contributed by atoms with Crippen molar-refractivity contribution < 1.29 is 32.6 Å². The third kappa shape index (κ3) is 5.41. The minimum atomic E-state index is -3.20. The largest absolute Gasteiger partial charge is 0.480 e. The Bertz CT molecular complexity index is 1210. The van der Waals surface area contributed by atoms with Gasteiger partial charge in [-0.05, 0) is 24.6 Å². The van der Waals surface area contributed by atoms with E-state index in [0.29, 0.717) is 15.0 Å². The predicted molar refractivity (Wildman–Crippen MR) is 125 cm³/mol. The summed E-state index contributed by atoms with van der Waals surface area (Å²) in [5.41, 5.74) is 0.608. The number of ether oxygens (including phenoxy) is 1. The zero-order chi connectivity index (χ0) is 25.3. The number of carboxylic acids is 1. The number of aliphatic carboxylic acids is 1. The average Bonchev–Trinajstić information content (AvgIpc) is 3.41. The molecular weight excluding hydrogens is 553 g/mol. The van der Waals surface area contributed by atoms with E-state index in [2.05, 4.69) is 31.2 Å². The lowest BCUT2D eigenvalue weighted by atomic mass is 9.95. The number of amidine groups is 1. The van der Waals surface area contributed by atoms with Gasteiger partial charge in [-0.3, -0.25) is 14.7 Å². The van der Waals surface area contributed by atoms with E-state index in [1.165, 1.54) is 29.5 Å². The molecule has 3 heterocycles. The first-order valence-corrected chi connectivity index (χ1v) is 12.2. The molecule has 13 heteroatoms. The molecule has 8 nitrogen and oxygen atoms in total. The van der Waals surface area contributed by atoms with Gasteiger partial charge < -0.3 is 15.2 Å². The van der Waals surface area contributed by atoms with Gasteiger partial charge in [-0.15, -0.1) is 11.3 Å². The van der Waals surface area contributed by atoms with E-state index in [-0.39, 0.29) is 30.3 Å². The second-order valence-corrected chi connectivity index (χ2v) is 9.69. The van der Waals surface area contributed by atoms with Crippen molar-refractivity contribution in [3.05, 3.63) is 61.9 Å². The number of halogens is 4. The first kappa shape index (κ1) is 25.3. The fourth-order valence-electron chi connectivity index (χ4n) is 4.06. The Morgan fingerprint density at radius 1 is 1.40 bits per heavy atom. The van der Waals surface area contributed by atoms with E-state index in [1.807, 2.05) is 0 Å². The number of benzene rings is 1. The molecule has 1 fully saturated rings. The van der Waals surface area contributed by atoms with Crippen molar-refractivity contribution in [2.45, 2.75) is 31.4 Å². The minimum Gasteiger partial charge on any atom is -0.480 e. The number of aliphatic imine (C=N–C) groups is 1. The molecule has 0 bridgehead atoms. The third-order valence-corrected chi connectivity index (χ3v) is 6.99. The van der Waals surface area contributed by atoms with E-state index < -0.39 is 48.7 Å². The molecule has 2 N–H and O–H groups in total. The van der Waals surface area contributed by atoms with E-state index in [0.717, 1.165) is 4.90 Å². The monoisotopic (exact) mass is 572 g/mol. The summed E-state index contributed by atoms with van der Waals surface area (Å²) in [7, 11) is 0. The summed E-state index contributed by atoms with van der Waals surface area (Å²) in [4.78, 5) is 34.8. The van der Waals surface area contributed by atoms with Gasteiger partial charge in [0, 0.05) is 34.7 Å². The molecule has 1 aromatic heterocycles. The number of likely N-dealkylation sites (tertiary alicyclic amines) is 1. The summed E-state index contributed by atoms with van der Waals surface area (Å²) >= 11 is 4.57. The lowest BCUT2D eigenvalue weighted by Gasteiger charge is -2.30. The van der Waals surface area contributed by atoms with E-state index in [9.17, 15) is 27.9 Å². The quantitative estimate of drug-likeness (QED) is 0.487. The van der Waals surface area contributed by atoms with Gasteiger partial charge in [0.25, 0.3) is 5.92 Å². The summed E-state index contributed by atoms with van der Waals surface area (Å²) < 4.78 is 47.7. The molecule has 4 rings (SSSR count). The molecule has 0 amide bonds. The number of esters is 1. The first-order chi connectivity index (χ1) is 16.6. The number of aromatic nitrogens is 1. The normalized spacial score (nSPS) is 22.0. The average molecular weight is 573 g/mol. The fourth-order valence-corrected chi connectivity index (χ4v) is 5.22. The van der Waals surface area contributed by atoms with Crippen LogP contribution in [0.5, 0.6) is 0 Å². The summed E-state index contributed by atoms with van der Waals surface area (Å²) in [6, 6.07) is 1.45. The van der Waals surface area contributed by atoms with Gasteiger partial charge in [0.2, 0.25) is 0 Å². The van der Waals surface area contributed by atoms with Crippen LogP contribution in [0.25, 0.3) is 0 Å². The second kappa shape index (κ2) is 10.1. The van der Waals surface area contributed by atoms with Crippen LogP contribution in [-0.4, -0.2) is 64.4 Å². The number of carbonyl (C=O) groups is 2. The van der Waals surface area contributed by atoms with E-state index >= 15 is 0 Å². The molecule has 2 atom stereocenters. The molecule has 2 aliphatic rings. The van der Waals surface area contributed by atoms with Crippen molar-refractivity contribution in [1.82, 2.24) is 15.2 Å². The summed E-state index contributed by atoms with van der Waals surface area (Å²) in [6.07, 6.45) is 0.712. The van der Waals surface area contributed by atoms with Crippen molar-refractivity contribution in [2.24, 2.45) is 4.99 Å². The highest BCUT2D eigenvalue weighted by molar-refractivity contribution is 9.10. The van der Waals surface area contributed by atoms with Crippen LogP contribution in [0.1, 0.15) is 30.0 Å². The molecule has 1 saturated heterocycles. The van der Waals surface area contributed by atoms with Gasteiger partial charge in [0.1, 0.15) is 17.9 Å². The highest BCUT2D eigenvalue weighted by atomic mass is 79.9. The maximum atomic E-state index is 14.2. The van der Waals surface area contributed by atoms with Crippen molar-refractivity contribution in [1.29, 1.82) is 0 Å². The Labute approximate surface area is 210 Å². The number of rotatable bonds is 7. The van der Waals surface area contributed by atoms with E-state index in [4.69, 9.17) is 4.74 Å². The van der Waals surface area contributed by atoms with Gasteiger partial charge in [0.15, 0.2) is 10.8 Å². The van der Waals surface area contributed by atoms with Gasteiger partial charge in [0.05, 0.1) is 18.7 Å². The van der Waals surface area contributed by atoms with Crippen LogP contribution in [0.2, 0.25) is 0 Å². The van der Waals surface area contributed by atoms with Crippen molar-refractivity contribution in [2.75, 3.05) is 19.7 Å². The second-order valence-electron chi connectivity index (χ2n) is 7.94. The lowest BCUT2D eigenvalue weighted by molar-refractivity contribution is -0.142. The molecular formula is C22H20BrF3N4O4S. The molecule has 0 aliphatic carbocycles. The third-order valence-electron chi connectivity index (χ3n) is 5.53. The number of nitrogens with zero attached hydrogens (tertiary/aromatic N) is 3. The fraction of sp³-hybridized carbons (Fsp3) is 0.364. The minimum absolute atomic E-state index is 0.0128. The number of thiazole rings is 1. The van der Waals surface area contributed by atoms with Gasteiger partial charge in [-0.2, -0.15) is 0 Å². The van der Waals surface area contributed by atoms with Crippen molar-refractivity contribution >= 4 is 45.0 Å². The lowest BCUT2D eigenvalue weighted by Crippen LogP contribution is -2.43. The van der Waals surface area contributed by atoms with Gasteiger partial charge in [-0.25, -0.2) is 22.9 Å². The SMILES string of the molecule is CCOC(=O)C1=C(CN2CC(F)(F)C[C@H]2C(=O)O)NC(c2nccs2)=NC1c1ccc(F)cc1Br. The Morgan fingerprint density at radius 2 is 2.17 bits per heavy atom. The number of hydrogen-bond acceptors (Lipinski definition) is 8. The molecule has 0 saturated carbocycles. The van der Waals surface area contributed by atoms with Crippen LogP contribution in [0.4, 0.5) is 13.2 Å². The highest BCUT2D eigenvalue weighted by Crippen LogP contribution is 2.38. The van der Waals surface area contributed by atoms with Gasteiger partial charge >= 0.3 is 11.9 Å². The first-order valence-electron chi connectivity index (χ1n) is 10.5. The van der Waals surface area contributed by atoms with Gasteiger partial charge in [-0.1, -0.05) is 22.0 Å². The Kier molecular flexibility index (Phi) is 7.29. The number of hydrogen-bond donors (Lipinski definition) is 2. The summed E-state index contributed by atoms with van der Waals surface area (Å²) in [5.74, 6) is -5.58. The molecule has 1 aromatic carbocycles. The number of carboxylic acid groups (broad SMARTS) is 1. The topological polar surface area (TPSA) is 104 Å². The van der Waals surface area contributed by atoms with Crippen LogP contribution in [0.15, 0.2) is 50.5 Å². The summed E-state index contributed by atoms with van der Waals surface area (Å²) in [5, 5.41) is 14.7. The molecule has 0 spiro atoms. The summed E-state index contributed by atoms with van der Waals surface area (Å²) in [6.45, 7) is 0.554. The molecule has 35 heavy (non-hydrogen) atoms. The van der Waals surface area contributed by atoms with Crippen molar-refractivity contribution in [3.63, 3.8) is 0 Å². The smallest absolute Gasteiger partial charge is 0.338 e. The number of alkyl halides is 2. The standard InChI is InChI=1S/C22H20BrF3N4O4S/c1-2-34-21(33)16-14(9-30-10-22(25,26)8-15(30)20(31)32)28-18(19-27-5-6-35-19)29-17(16)12-4-3-11(24)7-13(12)23/h3-7,15,17H,2,8-10H2,1H3,(H,28,29)(H,31,32)/t15-,17?/m0/s1. The van der Waals surface area contributed by atoms with Crippen LogP contribution in [-0.2, 0) is 14.3 Å². The zero-order valence-corrected chi connectivity index (χ0v) is 20.7. The number of nitrogens with one attached hydrogen (secondary N) is 1. The zero-order valence-electron chi connectivity index (χ0n) is 18.3. The highest BCUT2D eigenvalue weighted by Gasteiger charge is 2.49. The van der Waals surface area contributed by atoms with Crippen LogP contribution in [0.3, 0.4) is 0 Å². The number of carbonyl (C=O) groups excluding carboxylic acids is 1. The maximum Gasteiger partial charge on any atom is 0.338 e. The van der Waals surface area contributed by atoms with Crippen LogP contribution in [0, 0.1) is 5.82 Å². The van der Waals surface area contributed by atoms with Crippen LogP contribution < -0.4 is 5.32 Å². The Hall–Kier alpha value is -2.77.